The Bertz CT molecular complexity index is 1130. The minimum atomic E-state index is -4.42. The summed E-state index contributed by atoms with van der Waals surface area (Å²) in [5.41, 5.74) is 1.90. The topological polar surface area (TPSA) is 76.9 Å². The van der Waals surface area contributed by atoms with Crippen molar-refractivity contribution in [3.05, 3.63) is 71.3 Å². The summed E-state index contributed by atoms with van der Waals surface area (Å²) in [4.78, 5) is 28.6. The lowest BCUT2D eigenvalue weighted by Crippen LogP contribution is -2.15. The number of halogens is 3. The van der Waals surface area contributed by atoms with Gasteiger partial charge in [0.05, 0.1) is 40.6 Å². The fourth-order valence-corrected chi connectivity index (χ4v) is 3.84. The zero-order chi connectivity index (χ0) is 22.9. The van der Waals surface area contributed by atoms with Crippen molar-refractivity contribution in [2.75, 3.05) is 5.32 Å². The maximum Gasteiger partial charge on any atom is 0.416 e. The summed E-state index contributed by atoms with van der Waals surface area (Å²) < 4.78 is 39.7. The first-order chi connectivity index (χ1) is 15.2. The van der Waals surface area contributed by atoms with Gasteiger partial charge >= 0.3 is 6.18 Å². The third-order valence-corrected chi connectivity index (χ3v) is 5.70. The first-order valence-corrected chi connectivity index (χ1v) is 10.2. The number of carbonyl (C=O) groups excluding carboxylic acids is 2. The van der Waals surface area contributed by atoms with Crippen LogP contribution in [-0.4, -0.2) is 26.5 Å². The molecule has 1 aliphatic rings. The van der Waals surface area contributed by atoms with Crippen molar-refractivity contribution in [2.45, 2.75) is 44.7 Å². The van der Waals surface area contributed by atoms with E-state index in [9.17, 15) is 22.8 Å². The third kappa shape index (κ3) is 4.56. The van der Waals surface area contributed by atoms with Crippen LogP contribution >= 0.6 is 0 Å². The number of benzene rings is 1. The first-order valence-electron chi connectivity index (χ1n) is 10.2. The van der Waals surface area contributed by atoms with Gasteiger partial charge in [-0.25, -0.2) is 4.68 Å². The zero-order valence-corrected chi connectivity index (χ0v) is 17.3. The number of hydrogen-bond acceptors (Lipinski definition) is 4. The average molecular weight is 442 g/mol. The van der Waals surface area contributed by atoms with Gasteiger partial charge in [0, 0.05) is 24.5 Å². The Kier molecular flexibility index (Phi) is 5.82. The molecule has 0 saturated heterocycles. The van der Waals surface area contributed by atoms with Gasteiger partial charge in [0.25, 0.3) is 5.91 Å². The van der Waals surface area contributed by atoms with Gasteiger partial charge in [0.2, 0.25) is 0 Å². The third-order valence-electron chi connectivity index (χ3n) is 5.70. The van der Waals surface area contributed by atoms with Crippen LogP contribution in [-0.2, 0) is 11.0 Å². The maximum absolute atomic E-state index is 12.8. The summed E-state index contributed by atoms with van der Waals surface area (Å²) in [6, 6.07) is 8.20. The number of aromatic nitrogens is 3. The molecule has 32 heavy (non-hydrogen) atoms. The predicted molar refractivity (Wildman–Crippen MR) is 112 cm³/mol. The van der Waals surface area contributed by atoms with E-state index in [1.807, 2.05) is 6.07 Å². The molecule has 2 aromatic heterocycles. The number of nitrogens with one attached hydrogen (secondary N) is 1. The molecule has 9 heteroatoms. The van der Waals surface area contributed by atoms with Crippen molar-refractivity contribution in [2.24, 2.45) is 0 Å². The smallest absolute Gasteiger partial charge is 0.320 e. The second kappa shape index (κ2) is 8.57. The van der Waals surface area contributed by atoms with E-state index in [1.165, 1.54) is 23.0 Å². The number of rotatable bonds is 4. The zero-order valence-electron chi connectivity index (χ0n) is 17.3. The molecule has 0 radical (unpaired) electrons. The normalized spacial score (nSPS) is 15.1. The monoisotopic (exact) mass is 442 g/mol. The van der Waals surface area contributed by atoms with E-state index in [1.54, 1.807) is 19.2 Å². The SMILES string of the molecule is Cc1c(C(=O)Nc2ccc(C3CCC(=O)CC3)nc2)cnn1-c1ccc(C(F)(F)F)cc1. The van der Waals surface area contributed by atoms with Gasteiger partial charge in [-0.2, -0.15) is 18.3 Å². The van der Waals surface area contributed by atoms with Crippen molar-refractivity contribution in [3.8, 4) is 5.69 Å². The van der Waals surface area contributed by atoms with Crippen LogP contribution < -0.4 is 5.32 Å². The van der Waals surface area contributed by atoms with Gasteiger partial charge in [0.1, 0.15) is 5.78 Å². The molecule has 3 aromatic rings. The van der Waals surface area contributed by atoms with Crippen molar-refractivity contribution < 1.29 is 22.8 Å². The summed E-state index contributed by atoms with van der Waals surface area (Å²) in [5.74, 6) is 0.150. The molecule has 4 rings (SSSR count). The highest BCUT2D eigenvalue weighted by atomic mass is 19.4. The van der Waals surface area contributed by atoms with Crippen LogP contribution in [0.4, 0.5) is 18.9 Å². The molecule has 2 heterocycles. The van der Waals surface area contributed by atoms with E-state index in [4.69, 9.17) is 0 Å². The van der Waals surface area contributed by atoms with Crippen LogP contribution in [0.3, 0.4) is 0 Å². The quantitative estimate of drug-likeness (QED) is 0.612. The van der Waals surface area contributed by atoms with Crippen molar-refractivity contribution in [3.63, 3.8) is 0 Å². The lowest BCUT2D eigenvalue weighted by molar-refractivity contribution is -0.137. The van der Waals surface area contributed by atoms with Crippen molar-refractivity contribution >= 4 is 17.4 Å². The highest BCUT2D eigenvalue weighted by molar-refractivity contribution is 6.04. The Hall–Kier alpha value is -3.49. The van der Waals surface area contributed by atoms with E-state index in [0.717, 1.165) is 30.7 Å². The summed E-state index contributed by atoms with van der Waals surface area (Å²) in [7, 11) is 0. The van der Waals surface area contributed by atoms with E-state index in [2.05, 4.69) is 15.4 Å². The summed E-state index contributed by atoms with van der Waals surface area (Å²) >= 11 is 0. The molecule has 1 saturated carbocycles. The number of pyridine rings is 1. The minimum absolute atomic E-state index is 0.252. The fraction of sp³-hybridized carbons (Fsp3) is 0.304. The van der Waals surface area contributed by atoms with E-state index < -0.39 is 17.6 Å². The van der Waals surface area contributed by atoms with E-state index >= 15 is 0 Å². The lowest BCUT2D eigenvalue weighted by atomic mass is 9.86. The molecule has 1 aromatic carbocycles. The van der Waals surface area contributed by atoms with Crippen LogP contribution in [0.15, 0.2) is 48.8 Å². The standard InChI is InChI=1S/C23H21F3N4O2/c1-14-20(13-28-30(14)18-7-4-16(5-8-18)23(24,25)26)22(32)29-17-6-11-21(27-12-17)15-2-9-19(31)10-3-15/h4-8,11-13,15H,2-3,9-10H2,1H3,(H,29,32). The van der Waals surface area contributed by atoms with Gasteiger partial charge in [0.15, 0.2) is 0 Å². The Morgan fingerprint density at radius 2 is 1.75 bits per heavy atom. The molecule has 0 aliphatic heterocycles. The number of ketones is 1. The largest absolute Gasteiger partial charge is 0.416 e. The van der Waals surface area contributed by atoms with Crippen LogP contribution in [0.2, 0.25) is 0 Å². The minimum Gasteiger partial charge on any atom is -0.320 e. The highest BCUT2D eigenvalue weighted by Gasteiger charge is 2.30. The molecule has 1 aliphatic carbocycles. The average Bonchev–Trinajstić information content (AvgIpc) is 3.16. The van der Waals surface area contributed by atoms with Crippen LogP contribution in [0, 0.1) is 6.92 Å². The highest BCUT2D eigenvalue weighted by Crippen LogP contribution is 2.31. The molecule has 6 nitrogen and oxygen atoms in total. The molecular weight excluding hydrogens is 421 g/mol. The molecule has 1 fully saturated rings. The van der Waals surface area contributed by atoms with Crippen molar-refractivity contribution in [1.82, 2.24) is 14.8 Å². The maximum atomic E-state index is 12.8. The van der Waals surface area contributed by atoms with Crippen LogP contribution in [0.1, 0.15) is 58.9 Å². The molecule has 1 amide bonds. The Morgan fingerprint density at radius 1 is 1.06 bits per heavy atom. The fourth-order valence-electron chi connectivity index (χ4n) is 3.84. The summed E-state index contributed by atoms with van der Waals surface area (Å²) in [5, 5.41) is 6.93. The van der Waals surface area contributed by atoms with Gasteiger partial charge in [-0.15, -0.1) is 0 Å². The number of carbonyl (C=O) groups is 2. The number of hydrogen-bond donors (Lipinski definition) is 1. The van der Waals surface area contributed by atoms with Gasteiger partial charge in [-0.3, -0.25) is 14.6 Å². The van der Waals surface area contributed by atoms with Gasteiger partial charge in [-0.05, 0) is 56.2 Å². The number of Topliss-reactive ketones (excluding diaryl/α,β-unsaturated/α-hetero) is 1. The first kappa shape index (κ1) is 21.7. The van der Waals surface area contributed by atoms with Gasteiger partial charge < -0.3 is 5.32 Å². The number of amides is 1. The van der Waals surface area contributed by atoms with Crippen LogP contribution in [0.5, 0.6) is 0 Å². The Morgan fingerprint density at radius 3 is 2.34 bits per heavy atom. The second-order valence-corrected chi connectivity index (χ2v) is 7.84. The molecule has 0 bridgehead atoms. The predicted octanol–water partition coefficient (Wildman–Crippen LogP) is 5.07. The van der Waals surface area contributed by atoms with Crippen molar-refractivity contribution in [1.29, 1.82) is 0 Å². The lowest BCUT2D eigenvalue weighted by Gasteiger charge is -2.20. The number of nitrogens with zero attached hydrogens (tertiary/aromatic N) is 3. The summed E-state index contributed by atoms with van der Waals surface area (Å²) in [6.07, 6.45) is 1.28. The van der Waals surface area contributed by atoms with Gasteiger partial charge in [-0.1, -0.05) is 0 Å². The Labute approximate surface area is 182 Å². The van der Waals surface area contributed by atoms with E-state index in [0.29, 0.717) is 35.5 Å². The number of anilines is 1. The molecular formula is C23H21F3N4O2. The molecule has 0 spiro atoms. The molecule has 166 valence electrons. The molecule has 1 N–H and O–H groups in total. The summed E-state index contributed by atoms with van der Waals surface area (Å²) in [6.45, 7) is 1.67. The Balaban J connectivity index is 1.45. The van der Waals surface area contributed by atoms with Crippen LogP contribution in [0.25, 0.3) is 5.69 Å². The second-order valence-electron chi connectivity index (χ2n) is 7.84. The number of alkyl halides is 3. The molecule has 0 unspecified atom stereocenters. The van der Waals surface area contributed by atoms with E-state index in [-0.39, 0.29) is 11.7 Å². The molecule has 0 atom stereocenters.